The Hall–Kier alpha value is -2.56. The minimum atomic E-state index is -0.418. The van der Waals surface area contributed by atoms with Gasteiger partial charge in [-0.25, -0.2) is 4.98 Å². The van der Waals surface area contributed by atoms with E-state index in [1.54, 1.807) is 18.3 Å². The van der Waals surface area contributed by atoms with Crippen molar-refractivity contribution < 1.29 is 9.53 Å². The summed E-state index contributed by atoms with van der Waals surface area (Å²) in [5.41, 5.74) is 7.88. The van der Waals surface area contributed by atoms with E-state index in [9.17, 15) is 4.79 Å². The van der Waals surface area contributed by atoms with Crippen LogP contribution in [0.25, 0.3) is 0 Å². The van der Waals surface area contributed by atoms with Crippen molar-refractivity contribution in [3.63, 3.8) is 0 Å². The van der Waals surface area contributed by atoms with Gasteiger partial charge in [0, 0.05) is 30.3 Å². The molecule has 1 aromatic heterocycles. The van der Waals surface area contributed by atoms with Gasteiger partial charge in [-0.3, -0.25) is 4.79 Å². The van der Waals surface area contributed by atoms with E-state index in [1.807, 2.05) is 18.2 Å². The Morgan fingerprint density at radius 3 is 3.15 bits per heavy atom. The molecule has 0 radical (unpaired) electrons. The van der Waals surface area contributed by atoms with Crippen molar-refractivity contribution >= 4 is 11.7 Å². The summed E-state index contributed by atoms with van der Waals surface area (Å²) < 4.78 is 5.50. The van der Waals surface area contributed by atoms with Gasteiger partial charge in [0.05, 0.1) is 6.61 Å². The lowest BCUT2D eigenvalue weighted by Gasteiger charge is -2.09. The number of carbonyl (C=O) groups is 1. The molecule has 0 spiro atoms. The number of aromatic nitrogens is 1. The van der Waals surface area contributed by atoms with E-state index in [0.29, 0.717) is 18.7 Å². The molecule has 0 unspecified atom stereocenters. The highest BCUT2D eigenvalue weighted by Gasteiger charge is 2.16. The standard InChI is InChI=1S/C15H15N3O2/c16-14(19)11-3-1-2-10(8-11)9-18-15-12-5-7-20-13(12)4-6-17-15/h1-4,6,8H,5,7,9H2,(H2,16,19)(H,17,18). The van der Waals surface area contributed by atoms with Crippen LogP contribution in [0.5, 0.6) is 5.75 Å². The molecule has 20 heavy (non-hydrogen) atoms. The molecule has 1 aliphatic heterocycles. The van der Waals surface area contributed by atoms with Crippen LogP contribution in [0.1, 0.15) is 21.5 Å². The Morgan fingerprint density at radius 2 is 2.30 bits per heavy atom. The number of pyridine rings is 1. The van der Waals surface area contributed by atoms with Gasteiger partial charge in [-0.2, -0.15) is 0 Å². The molecule has 2 aromatic rings. The second kappa shape index (κ2) is 5.21. The number of hydrogen-bond acceptors (Lipinski definition) is 4. The molecule has 0 aliphatic carbocycles. The van der Waals surface area contributed by atoms with Crippen LogP contribution in [-0.4, -0.2) is 17.5 Å². The highest BCUT2D eigenvalue weighted by Crippen LogP contribution is 2.29. The summed E-state index contributed by atoms with van der Waals surface area (Å²) in [5, 5.41) is 3.28. The summed E-state index contributed by atoms with van der Waals surface area (Å²) in [7, 11) is 0. The predicted octanol–water partition coefficient (Wildman–Crippen LogP) is 1.73. The van der Waals surface area contributed by atoms with Crippen LogP contribution >= 0.6 is 0 Å². The largest absolute Gasteiger partial charge is 0.493 e. The van der Waals surface area contributed by atoms with Crippen LogP contribution in [0.15, 0.2) is 36.5 Å². The third-order valence-corrected chi connectivity index (χ3v) is 3.29. The maximum Gasteiger partial charge on any atom is 0.248 e. The summed E-state index contributed by atoms with van der Waals surface area (Å²) in [6, 6.07) is 9.14. The second-order valence-electron chi connectivity index (χ2n) is 4.65. The van der Waals surface area contributed by atoms with Gasteiger partial charge in [0.1, 0.15) is 11.6 Å². The maximum atomic E-state index is 11.2. The molecular formula is C15H15N3O2. The average molecular weight is 269 g/mol. The molecule has 102 valence electrons. The van der Waals surface area contributed by atoms with Gasteiger partial charge in [0.25, 0.3) is 0 Å². The molecule has 1 aliphatic rings. The van der Waals surface area contributed by atoms with Gasteiger partial charge in [-0.1, -0.05) is 12.1 Å². The first kappa shape index (κ1) is 12.5. The topological polar surface area (TPSA) is 77.2 Å². The highest BCUT2D eigenvalue weighted by atomic mass is 16.5. The molecule has 3 N–H and O–H groups in total. The van der Waals surface area contributed by atoms with Crippen molar-refractivity contribution in [2.45, 2.75) is 13.0 Å². The average Bonchev–Trinajstić information content (AvgIpc) is 2.94. The van der Waals surface area contributed by atoms with Crippen molar-refractivity contribution in [2.75, 3.05) is 11.9 Å². The first-order valence-corrected chi connectivity index (χ1v) is 6.47. The number of nitrogens with one attached hydrogen (secondary N) is 1. The Kier molecular flexibility index (Phi) is 3.25. The molecule has 3 rings (SSSR count). The second-order valence-corrected chi connectivity index (χ2v) is 4.65. The maximum absolute atomic E-state index is 11.2. The van der Waals surface area contributed by atoms with Gasteiger partial charge in [0.15, 0.2) is 0 Å². The summed E-state index contributed by atoms with van der Waals surface area (Å²) in [6.45, 7) is 1.29. The number of nitrogens with two attached hydrogens (primary N) is 1. The Balaban J connectivity index is 1.76. The molecule has 1 amide bonds. The van der Waals surface area contributed by atoms with Crippen LogP contribution in [0.2, 0.25) is 0 Å². The fraction of sp³-hybridized carbons (Fsp3) is 0.200. The molecule has 5 nitrogen and oxygen atoms in total. The van der Waals surface area contributed by atoms with E-state index in [-0.39, 0.29) is 0 Å². The number of fused-ring (bicyclic) bond motifs is 1. The van der Waals surface area contributed by atoms with Crippen molar-refractivity contribution in [3.05, 3.63) is 53.2 Å². The number of ether oxygens (including phenoxy) is 1. The van der Waals surface area contributed by atoms with Crippen LogP contribution in [0, 0.1) is 0 Å². The molecule has 5 heteroatoms. The molecule has 0 saturated heterocycles. The summed E-state index contributed by atoms with van der Waals surface area (Å²) >= 11 is 0. The van der Waals surface area contributed by atoms with Crippen molar-refractivity contribution in [1.82, 2.24) is 4.98 Å². The van der Waals surface area contributed by atoms with Gasteiger partial charge < -0.3 is 15.8 Å². The van der Waals surface area contributed by atoms with Crippen molar-refractivity contribution in [1.29, 1.82) is 0 Å². The van der Waals surface area contributed by atoms with E-state index in [4.69, 9.17) is 10.5 Å². The third-order valence-electron chi connectivity index (χ3n) is 3.29. The lowest BCUT2D eigenvalue weighted by atomic mass is 10.1. The molecule has 0 bridgehead atoms. The SMILES string of the molecule is NC(=O)c1cccc(CNc2nccc3c2CCO3)c1. The zero-order valence-corrected chi connectivity index (χ0v) is 10.9. The number of amides is 1. The van der Waals surface area contributed by atoms with Crippen LogP contribution in [-0.2, 0) is 13.0 Å². The number of anilines is 1. The van der Waals surface area contributed by atoms with Crippen LogP contribution < -0.4 is 15.8 Å². The van der Waals surface area contributed by atoms with Crippen LogP contribution in [0.4, 0.5) is 5.82 Å². The molecule has 2 heterocycles. The first-order chi connectivity index (χ1) is 9.74. The van der Waals surface area contributed by atoms with Crippen molar-refractivity contribution in [3.8, 4) is 5.75 Å². The van der Waals surface area contributed by atoms with Gasteiger partial charge in [-0.15, -0.1) is 0 Å². The molecular weight excluding hydrogens is 254 g/mol. The Labute approximate surface area is 116 Å². The van der Waals surface area contributed by atoms with E-state index in [0.717, 1.165) is 29.1 Å². The number of carbonyl (C=O) groups excluding carboxylic acids is 1. The lowest BCUT2D eigenvalue weighted by molar-refractivity contribution is 0.1000. The lowest BCUT2D eigenvalue weighted by Crippen LogP contribution is -2.11. The fourth-order valence-corrected chi connectivity index (χ4v) is 2.29. The normalized spacial score (nSPS) is 12.6. The third kappa shape index (κ3) is 2.42. The summed E-state index contributed by atoms with van der Waals surface area (Å²) in [4.78, 5) is 15.5. The van der Waals surface area contributed by atoms with E-state index >= 15 is 0 Å². The van der Waals surface area contributed by atoms with Gasteiger partial charge in [0.2, 0.25) is 5.91 Å². The van der Waals surface area contributed by atoms with E-state index in [2.05, 4.69) is 10.3 Å². The molecule has 1 aromatic carbocycles. The Bertz CT molecular complexity index is 655. The number of hydrogen-bond donors (Lipinski definition) is 2. The number of benzene rings is 1. The quantitative estimate of drug-likeness (QED) is 0.886. The van der Waals surface area contributed by atoms with E-state index in [1.165, 1.54) is 0 Å². The summed E-state index contributed by atoms with van der Waals surface area (Å²) in [5.74, 6) is 1.32. The highest BCUT2D eigenvalue weighted by molar-refractivity contribution is 5.92. The fourth-order valence-electron chi connectivity index (χ4n) is 2.29. The summed E-state index contributed by atoms with van der Waals surface area (Å²) in [6.07, 6.45) is 2.60. The molecule has 0 fully saturated rings. The molecule has 0 saturated carbocycles. The number of primary amides is 1. The minimum Gasteiger partial charge on any atom is -0.493 e. The van der Waals surface area contributed by atoms with Crippen molar-refractivity contribution in [2.24, 2.45) is 5.73 Å². The first-order valence-electron chi connectivity index (χ1n) is 6.47. The monoisotopic (exact) mass is 269 g/mol. The van der Waals surface area contributed by atoms with Crippen LogP contribution in [0.3, 0.4) is 0 Å². The minimum absolute atomic E-state index is 0.418. The predicted molar refractivity (Wildman–Crippen MR) is 75.7 cm³/mol. The van der Waals surface area contributed by atoms with E-state index < -0.39 is 5.91 Å². The zero-order chi connectivity index (χ0) is 13.9. The molecule has 0 atom stereocenters. The number of rotatable bonds is 4. The number of nitrogens with zero attached hydrogens (tertiary/aromatic N) is 1. The van der Waals surface area contributed by atoms with Gasteiger partial charge in [-0.05, 0) is 23.8 Å². The Morgan fingerprint density at radius 1 is 1.40 bits per heavy atom. The van der Waals surface area contributed by atoms with Gasteiger partial charge >= 0.3 is 0 Å². The smallest absolute Gasteiger partial charge is 0.248 e. The zero-order valence-electron chi connectivity index (χ0n) is 10.9.